The fraction of sp³-hybridized carbons (Fsp3) is 0.190. The van der Waals surface area contributed by atoms with E-state index in [1.54, 1.807) is 14.0 Å². The van der Waals surface area contributed by atoms with Gasteiger partial charge in [0.25, 0.3) is 0 Å². The number of carboxylic acids is 1. The molecule has 0 atom stereocenters. The van der Waals surface area contributed by atoms with Gasteiger partial charge in [-0.25, -0.2) is 14.6 Å². The lowest BCUT2D eigenvalue weighted by Gasteiger charge is -2.14. The Kier molecular flexibility index (Phi) is 4.35. The summed E-state index contributed by atoms with van der Waals surface area (Å²) in [5.74, 6) is -0.782. The number of carbonyl (C=O) groups excluding carboxylic acids is 1. The number of aryl methyl sites for hydroxylation is 1. The summed E-state index contributed by atoms with van der Waals surface area (Å²) in [6.45, 7) is 1.81. The average Bonchev–Trinajstić information content (AvgIpc) is 3.14. The molecule has 0 radical (unpaired) electrons. The Morgan fingerprint density at radius 2 is 1.68 bits per heavy atom. The number of carbonyl (C=O) groups is 2. The summed E-state index contributed by atoms with van der Waals surface area (Å²) in [6.07, 6.45) is -0.734. The molecule has 2 N–H and O–H groups in total. The van der Waals surface area contributed by atoms with Crippen molar-refractivity contribution >= 4 is 17.9 Å². The second-order valence-corrected chi connectivity index (χ2v) is 6.67. The quantitative estimate of drug-likeness (QED) is 0.722. The number of carboxylic acid groups (broad SMARTS) is 1. The van der Waals surface area contributed by atoms with E-state index in [9.17, 15) is 14.7 Å². The van der Waals surface area contributed by atoms with Crippen molar-refractivity contribution in [2.24, 2.45) is 7.05 Å². The Hall–Kier alpha value is -3.61. The molecule has 3 aromatic rings. The van der Waals surface area contributed by atoms with Crippen LogP contribution in [-0.2, 0) is 11.8 Å². The van der Waals surface area contributed by atoms with Crippen LogP contribution in [0, 0.1) is 6.92 Å². The molecule has 1 amide bonds. The largest absolute Gasteiger partial charge is 0.476 e. The van der Waals surface area contributed by atoms with E-state index in [1.165, 1.54) is 4.57 Å². The number of anilines is 1. The van der Waals surface area contributed by atoms with Gasteiger partial charge in [-0.15, -0.1) is 0 Å². The third-order valence-corrected chi connectivity index (χ3v) is 5.09. The van der Waals surface area contributed by atoms with Gasteiger partial charge in [0.1, 0.15) is 12.4 Å². The van der Waals surface area contributed by atoms with E-state index in [1.807, 2.05) is 36.4 Å². The summed E-state index contributed by atoms with van der Waals surface area (Å²) in [5.41, 5.74) is 4.40. The number of benzene rings is 2. The lowest BCUT2D eigenvalue weighted by atomic mass is 9.98. The van der Waals surface area contributed by atoms with Gasteiger partial charge < -0.3 is 14.4 Å². The van der Waals surface area contributed by atoms with Crippen molar-refractivity contribution < 1.29 is 19.4 Å². The summed E-state index contributed by atoms with van der Waals surface area (Å²) in [5, 5.41) is 11.8. The van der Waals surface area contributed by atoms with E-state index in [0.29, 0.717) is 5.82 Å². The highest BCUT2D eigenvalue weighted by atomic mass is 16.5. The molecule has 1 aromatic heterocycles. The molecule has 0 saturated heterocycles. The Morgan fingerprint density at radius 1 is 1.11 bits per heavy atom. The fourth-order valence-electron chi connectivity index (χ4n) is 3.67. The van der Waals surface area contributed by atoms with Gasteiger partial charge in [-0.3, -0.25) is 5.32 Å². The van der Waals surface area contributed by atoms with Crippen LogP contribution < -0.4 is 5.32 Å². The molecule has 1 aliphatic carbocycles. The number of aromatic carboxylic acids is 1. The van der Waals surface area contributed by atoms with Crippen molar-refractivity contribution in [3.63, 3.8) is 0 Å². The van der Waals surface area contributed by atoms with Crippen molar-refractivity contribution in [3.8, 4) is 11.1 Å². The molecule has 1 aliphatic rings. The first kappa shape index (κ1) is 17.8. The maximum Gasteiger partial charge on any atom is 0.412 e. The number of aromatic nitrogens is 2. The highest BCUT2D eigenvalue weighted by Crippen LogP contribution is 2.44. The van der Waals surface area contributed by atoms with E-state index in [0.717, 1.165) is 22.3 Å². The van der Waals surface area contributed by atoms with Crippen LogP contribution in [0.4, 0.5) is 10.6 Å². The molecule has 0 unspecified atom stereocenters. The topological polar surface area (TPSA) is 93.4 Å². The van der Waals surface area contributed by atoms with Gasteiger partial charge in [-0.2, -0.15) is 0 Å². The Bertz CT molecular complexity index is 1040. The summed E-state index contributed by atoms with van der Waals surface area (Å²) in [6, 6.07) is 16.1. The monoisotopic (exact) mass is 377 g/mol. The van der Waals surface area contributed by atoms with E-state index in [2.05, 4.69) is 22.4 Å². The van der Waals surface area contributed by atoms with Crippen molar-refractivity contribution in [1.82, 2.24) is 9.55 Å². The summed E-state index contributed by atoms with van der Waals surface area (Å²) >= 11 is 0. The minimum absolute atomic E-state index is 0.0234. The van der Waals surface area contributed by atoms with Crippen molar-refractivity contribution in [3.05, 3.63) is 71.2 Å². The zero-order valence-electron chi connectivity index (χ0n) is 15.5. The molecule has 0 bridgehead atoms. The van der Waals surface area contributed by atoms with Crippen molar-refractivity contribution in [2.75, 3.05) is 11.9 Å². The van der Waals surface area contributed by atoms with E-state index < -0.39 is 12.1 Å². The Morgan fingerprint density at radius 3 is 2.25 bits per heavy atom. The van der Waals surface area contributed by atoms with E-state index in [-0.39, 0.29) is 24.0 Å². The highest BCUT2D eigenvalue weighted by Gasteiger charge is 2.29. The number of rotatable bonds is 4. The van der Waals surface area contributed by atoms with Crippen LogP contribution in [0.25, 0.3) is 11.1 Å². The van der Waals surface area contributed by atoms with Gasteiger partial charge in [0.05, 0.1) is 0 Å². The number of amides is 1. The molecule has 7 nitrogen and oxygen atoms in total. The molecule has 0 aliphatic heterocycles. The predicted molar refractivity (Wildman–Crippen MR) is 104 cm³/mol. The van der Waals surface area contributed by atoms with Crippen LogP contribution in [0.2, 0.25) is 0 Å². The molecular weight excluding hydrogens is 358 g/mol. The van der Waals surface area contributed by atoms with Crippen LogP contribution in [0.15, 0.2) is 48.5 Å². The zero-order valence-corrected chi connectivity index (χ0v) is 15.5. The highest BCUT2D eigenvalue weighted by molar-refractivity contribution is 5.96. The van der Waals surface area contributed by atoms with E-state index >= 15 is 0 Å². The second kappa shape index (κ2) is 6.84. The standard InChI is InChI=1S/C21H19N3O4/c1-12-22-19(18(20(25)26)24(12)2)23-21(27)28-11-17-15-9-5-3-7-13(15)14-8-4-6-10-16(14)17/h3-10,17H,11H2,1-2H3,(H,23,27)(H,25,26). The third kappa shape index (κ3) is 2.90. The van der Waals surface area contributed by atoms with Crippen molar-refractivity contribution in [1.29, 1.82) is 0 Å². The summed E-state index contributed by atoms with van der Waals surface area (Å²) in [4.78, 5) is 27.8. The van der Waals surface area contributed by atoms with Crippen LogP contribution in [0.5, 0.6) is 0 Å². The van der Waals surface area contributed by atoms with Gasteiger partial charge in [0, 0.05) is 13.0 Å². The first-order valence-electron chi connectivity index (χ1n) is 8.86. The SMILES string of the molecule is Cc1nc(NC(=O)OCC2c3ccccc3-c3ccccc32)c(C(=O)O)n1C. The molecule has 4 rings (SSSR count). The smallest absolute Gasteiger partial charge is 0.412 e. The molecule has 7 heteroatoms. The predicted octanol–water partition coefficient (Wildman–Crippen LogP) is 3.79. The minimum Gasteiger partial charge on any atom is -0.476 e. The maximum atomic E-state index is 12.3. The number of nitrogens with zero attached hydrogens (tertiary/aromatic N) is 2. The number of nitrogens with one attached hydrogen (secondary N) is 1. The van der Waals surface area contributed by atoms with Gasteiger partial charge in [-0.05, 0) is 29.2 Å². The van der Waals surface area contributed by atoms with Gasteiger partial charge >= 0.3 is 12.1 Å². The molecule has 0 spiro atoms. The normalized spacial score (nSPS) is 12.4. The third-order valence-electron chi connectivity index (χ3n) is 5.09. The van der Waals surface area contributed by atoms with Crippen LogP contribution in [0.3, 0.4) is 0 Å². The molecule has 0 fully saturated rings. The molecule has 28 heavy (non-hydrogen) atoms. The van der Waals surface area contributed by atoms with Gasteiger partial charge in [-0.1, -0.05) is 48.5 Å². The zero-order chi connectivity index (χ0) is 19.8. The lowest BCUT2D eigenvalue weighted by Crippen LogP contribution is -2.19. The number of hydrogen-bond donors (Lipinski definition) is 2. The van der Waals surface area contributed by atoms with Crippen LogP contribution in [0.1, 0.15) is 33.4 Å². The minimum atomic E-state index is -1.17. The van der Waals surface area contributed by atoms with Gasteiger partial charge in [0.15, 0.2) is 11.5 Å². The maximum absolute atomic E-state index is 12.3. The number of hydrogen-bond acceptors (Lipinski definition) is 4. The molecule has 0 saturated carbocycles. The lowest BCUT2D eigenvalue weighted by molar-refractivity contribution is 0.0687. The number of ether oxygens (including phenoxy) is 1. The summed E-state index contributed by atoms with van der Waals surface area (Å²) in [7, 11) is 1.58. The number of fused-ring (bicyclic) bond motifs is 3. The summed E-state index contributed by atoms with van der Waals surface area (Å²) < 4.78 is 6.84. The number of imidazole rings is 1. The second-order valence-electron chi connectivity index (χ2n) is 6.67. The van der Waals surface area contributed by atoms with Crippen LogP contribution >= 0.6 is 0 Å². The first-order valence-corrected chi connectivity index (χ1v) is 8.86. The van der Waals surface area contributed by atoms with E-state index in [4.69, 9.17) is 4.74 Å². The average molecular weight is 377 g/mol. The molecule has 1 heterocycles. The fourth-order valence-corrected chi connectivity index (χ4v) is 3.67. The first-order chi connectivity index (χ1) is 13.5. The molecule has 2 aromatic carbocycles. The Labute approximate surface area is 161 Å². The Balaban J connectivity index is 1.52. The van der Waals surface area contributed by atoms with Crippen molar-refractivity contribution in [2.45, 2.75) is 12.8 Å². The molecule has 142 valence electrons. The van der Waals surface area contributed by atoms with Crippen LogP contribution in [-0.4, -0.2) is 33.3 Å². The van der Waals surface area contributed by atoms with Gasteiger partial charge in [0.2, 0.25) is 0 Å². The molecular formula is C21H19N3O4.